The molecule has 3 rings (SSSR count). The first-order valence-corrected chi connectivity index (χ1v) is 9.02. The molecule has 140 valence electrons. The zero-order valence-electron chi connectivity index (χ0n) is 14.5. The average molecular weight is 362 g/mol. The summed E-state index contributed by atoms with van der Waals surface area (Å²) in [6.45, 7) is 0. The molecule has 6 nitrogen and oxygen atoms in total. The Bertz CT molecular complexity index is 696. The minimum absolute atomic E-state index is 0.0362. The van der Waals surface area contributed by atoms with Gasteiger partial charge in [0.25, 0.3) is 5.91 Å². The average Bonchev–Trinajstić information content (AvgIpc) is 2.85. The van der Waals surface area contributed by atoms with Crippen LogP contribution in [-0.2, 0) is 14.4 Å². The van der Waals surface area contributed by atoms with Gasteiger partial charge < -0.3 is 15.3 Å². The van der Waals surface area contributed by atoms with Gasteiger partial charge in [-0.25, -0.2) is 4.39 Å². The highest BCUT2D eigenvalue weighted by Gasteiger charge is 2.49. The molecule has 26 heavy (non-hydrogen) atoms. The van der Waals surface area contributed by atoms with Gasteiger partial charge in [-0.3, -0.25) is 9.59 Å². The third-order valence-corrected chi connectivity index (χ3v) is 5.00. The predicted molar refractivity (Wildman–Crippen MR) is 93.3 cm³/mol. The van der Waals surface area contributed by atoms with Crippen molar-refractivity contribution in [2.24, 2.45) is 5.16 Å². The largest absolute Gasteiger partial charge is 0.481 e. The van der Waals surface area contributed by atoms with Gasteiger partial charge in [-0.2, -0.15) is 0 Å². The fourth-order valence-corrected chi connectivity index (χ4v) is 3.56. The predicted octanol–water partition coefficient (Wildman–Crippen LogP) is 3.00. The number of carboxylic acid groups (broad SMARTS) is 1. The van der Waals surface area contributed by atoms with Crippen LogP contribution in [0.4, 0.5) is 4.39 Å². The summed E-state index contributed by atoms with van der Waals surface area (Å²) in [5.74, 6) is -1.94. The van der Waals surface area contributed by atoms with E-state index in [0.29, 0.717) is 11.3 Å². The maximum Gasteiger partial charge on any atom is 0.308 e. The van der Waals surface area contributed by atoms with E-state index in [1.54, 1.807) is 0 Å². The lowest BCUT2D eigenvalue weighted by Crippen LogP contribution is -2.51. The number of nitrogens with one attached hydrogen (secondary N) is 1. The highest BCUT2D eigenvalue weighted by Crippen LogP contribution is 2.31. The summed E-state index contributed by atoms with van der Waals surface area (Å²) in [6, 6.07) is 5.70. The fraction of sp³-hybridized carbons (Fsp3) is 0.526. The number of amides is 1. The van der Waals surface area contributed by atoms with Gasteiger partial charge in [0, 0.05) is 12.5 Å². The lowest BCUT2D eigenvalue weighted by molar-refractivity contribution is -0.156. The van der Waals surface area contributed by atoms with Gasteiger partial charge in [-0.1, -0.05) is 43.0 Å². The second-order valence-corrected chi connectivity index (χ2v) is 7.04. The number of rotatable bonds is 5. The molecule has 1 aromatic carbocycles. The first-order valence-electron chi connectivity index (χ1n) is 9.02. The molecule has 0 bridgehead atoms. The fourth-order valence-electron chi connectivity index (χ4n) is 3.56. The van der Waals surface area contributed by atoms with Crippen molar-refractivity contribution in [2.75, 3.05) is 0 Å². The van der Waals surface area contributed by atoms with Gasteiger partial charge in [0.2, 0.25) is 5.60 Å². The quantitative estimate of drug-likeness (QED) is 0.788. The molecule has 1 fully saturated rings. The van der Waals surface area contributed by atoms with Gasteiger partial charge >= 0.3 is 5.97 Å². The molecular weight excluding hydrogens is 339 g/mol. The van der Waals surface area contributed by atoms with E-state index >= 15 is 0 Å². The summed E-state index contributed by atoms with van der Waals surface area (Å²) in [5, 5.41) is 16.2. The van der Waals surface area contributed by atoms with Gasteiger partial charge in [-0.05, 0) is 30.5 Å². The Morgan fingerprint density at radius 2 is 1.85 bits per heavy atom. The second-order valence-electron chi connectivity index (χ2n) is 7.04. The first-order chi connectivity index (χ1) is 12.5. The van der Waals surface area contributed by atoms with Crippen LogP contribution in [0, 0.1) is 5.82 Å². The second kappa shape index (κ2) is 7.85. The number of carboxylic acids is 1. The van der Waals surface area contributed by atoms with Crippen molar-refractivity contribution in [1.29, 1.82) is 0 Å². The van der Waals surface area contributed by atoms with E-state index in [-0.39, 0.29) is 18.3 Å². The molecule has 1 aromatic rings. The Morgan fingerprint density at radius 1 is 1.19 bits per heavy atom. The summed E-state index contributed by atoms with van der Waals surface area (Å²) in [6.07, 6.45) is 5.76. The van der Waals surface area contributed by atoms with Crippen LogP contribution < -0.4 is 5.32 Å². The summed E-state index contributed by atoms with van der Waals surface area (Å²) in [5.41, 5.74) is -0.495. The van der Waals surface area contributed by atoms with Crippen LogP contribution in [0.25, 0.3) is 0 Å². The van der Waals surface area contributed by atoms with E-state index < -0.39 is 23.9 Å². The zero-order valence-corrected chi connectivity index (χ0v) is 14.5. The number of nitrogens with zero attached hydrogens (tertiary/aromatic N) is 1. The molecule has 0 aromatic heterocycles. The van der Waals surface area contributed by atoms with Crippen LogP contribution in [0.15, 0.2) is 29.4 Å². The normalized spacial score (nSPS) is 23.7. The van der Waals surface area contributed by atoms with Crippen LogP contribution in [0.3, 0.4) is 0 Å². The number of aliphatic carboxylic acids is 1. The van der Waals surface area contributed by atoms with Gasteiger partial charge in [0.1, 0.15) is 5.82 Å². The number of carbonyl (C=O) groups excluding carboxylic acids is 1. The van der Waals surface area contributed by atoms with E-state index in [9.17, 15) is 19.1 Å². The Morgan fingerprint density at radius 3 is 2.46 bits per heavy atom. The summed E-state index contributed by atoms with van der Waals surface area (Å²) in [4.78, 5) is 29.6. The number of oxime groups is 1. The maximum atomic E-state index is 13.1. The standard InChI is InChI=1S/C19H23FN2O4/c20-14-9-7-13(8-10-14)16-11-19(26-22-16,12-17(23)24)18(25)21-15-5-3-1-2-4-6-15/h7-10,15H,1-6,11-12H2,(H,21,25)(H,23,24). The maximum absolute atomic E-state index is 13.1. The number of halogens is 1. The Balaban J connectivity index is 1.74. The SMILES string of the molecule is O=C(O)CC1(C(=O)NC2CCCCCC2)CC(c2ccc(F)cc2)=NO1. The van der Waals surface area contributed by atoms with Gasteiger partial charge in [0.05, 0.1) is 12.1 Å². The number of hydrogen-bond acceptors (Lipinski definition) is 4. The summed E-state index contributed by atoms with van der Waals surface area (Å²) >= 11 is 0. The molecule has 1 heterocycles. The molecule has 1 unspecified atom stereocenters. The highest BCUT2D eigenvalue weighted by molar-refractivity contribution is 6.06. The zero-order chi connectivity index (χ0) is 18.6. The van der Waals surface area contributed by atoms with Crippen molar-refractivity contribution in [1.82, 2.24) is 5.32 Å². The molecule has 2 aliphatic rings. The van der Waals surface area contributed by atoms with E-state index in [4.69, 9.17) is 4.84 Å². The molecule has 1 aliphatic heterocycles. The Labute approximate surface area is 151 Å². The molecule has 1 amide bonds. The van der Waals surface area contributed by atoms with Crippen molar-refractivity contribution in [3.63, 3.8) is 0 Å². The number of benzene rings is 1. The highest BCUT2D eigenvalue weighted by atomic mass is 19.1. The van der Waals surface area contributed by atoms with Crippen LogP contribution in [-0.4, -0.2) is 34.3 Å². The molecule has 2 N–H and O–H groups in total. The van der Waals surface area contributed by atoms with Crippen LogP contribution in [0.1, 0.15) is 56.9 Å². The molecule has 0 spiro atoms. The van der Waals surface area contributed by atoms with Crippen LogP contribution >= 0.6 is 0 Å². The smallest absolute Gasteiger partial charge is 0.308 e. The van der Waals surface area contributed by atoms with Crippen molar-refractivity contribution in [3.8, 4) is 0 Å². The minimum Gasteiger partial charge on any atom is -0.481 e. The van der Waals surface area contributed by atoms with Crippen molar-refractivity contribution in [3.05, 3.63) is 35.6 Å². The lowest BCUT2D eigenvalue weighted by atomic mass is 9.89. The molecule has 7 heteroatoms. The Hall–Kier alpha value is -2.44. The number of carbonyl (C=O) groups is 2. The van der Waals surface area contributed by atoms with Crippen molar-refractivity contribution < 1.29 is 23.9 Å². The first kappa shape index (κ1) is 18.4. The Kier molecular flexibility index (Phi) is 5.54. The monoisotopic (exact) mass is 362 g/mol. The van der Waals surface area contributed by atoms with E-state index in [1.165, 1.54) is 24.3 Å². The molecule has 0 saturated heterocycles. The van der Waals surface area contributed by atoms with Gasteiger partial charge in [-0.15, -0.1) is 0 Å². The van der Waals surface area contributed by atoms with Crippen molar-refractivity contribution >= 4 is 17.6 Å². The van der Waals surface area contributed by atoms with E-state index in [2.05, 4.69) is 10.5 Å². The molecular formula is C19H23FN2O4. The summed E-state index contributed by atoms with van der Waals surface area (Å²) < 4.78 is 13.1. The van der Waals surface area contributed by atoms with E-state index in [1.807, 2.05) is 0 Å². The topological polar surface area (TPSA) is 88.0 Å². The minimum atomic E-state index is -1.55. The molecule has 1 atom stereocenters. The third kappa shape index (κ3) is 4.20. The van der Waals surface area contributed by atoms with Crippen LogP contribution in [0.5, 0.6) is 0 Å². The molecule has 1 saturated carbocycles. The van der Waals surface area contributed by atoms with E-state index in [0.717, 1.165) is 38.5 Å². The number of hydrogen-bond donors (Lipinski definition) is 2. The summed E-state index contributed by atoms with van der Waals surface area (Å²) in [7, 11) is 0. The van der Waals surface area contributed by atoms with Crippen LogP contribution in [0.2, 0.25) is 0 Å². The van der Waals surface area contributed by atoms with Gasteiger partial charge in [0.15, 0.2) is 0 Å². The lowest BCUT2D eigenvalue weighted by Gasteiger charge is -2.26. The molecule has 1 aliphatic carbocycles. The third-order valence-electron chi connectivity index (χ3n) is 5.00. The van der Waals surface area contributed by atoms with Crippen molar-refractivity contribution in [2.45, 2.75) is 63.0 Å². The molecule has 0 radical (unpaired) electrons.